The molecule has 0 aromatic heterocycles. The molecule has 1 saturated heterocycles. The van der Waals surface area contributed by atoms with Crippen LogP contribution in [0.3, 0.4) is 0 Å². The maximum Gasteiger partial charge on any atom is 0.244 e. The number of sulfonamides is 1. The first-order chi connectivity index (χ1) is 10.9. The first kappa shape index (κ1) is 17.0. The van der Waals surface area contributed by atoms with Gasteiger partial charge in [-0.3, -0.25) is 4.79 Å². The summed E-state index contributed by atoms with van der Waals surface area (Å²) < 4.78 is 26.8. The molecule has 0 bridgehead atoms. The highest BCUT2D eigenvalue weighted by Gasteiger charge is 2.35. The van der Waals surface area contributed by atoms with Crippen molar-refractivity contribution in [2.24, 2.45) is 5.92 Å². The molecule has 2 fully saturated rings. The van der Waals surface area contributed by atoms with E-state index >= 15 is 0 Å². The minimum Gasteiger partial charge on any atom is -0.340 e. The Labute approximate surface area is 146 Å². The van der Waals surface area contributed by atoms with E-state index in [-0.39, 0.29) is 34.8 Å². The van der Waals surface area contributed by atoms with E-state index in [2.05, 4.69) is 0 Å². The van der Waals surface area contributed by atoms with Crippen molar-refractivity contribution in [1.29, 1.82) is 0 Å². The van der Waals surface area contributed by atoms with E-state index in [0.717, 1.165) is 19.3 Å². The van der Waals surface area contributed by atoms with Gasteiger partial charge in [0.05, 0.1) is 5.02 Å². The van der Waals surface area contributed by atoms with Gasteiger partial charge in [0.2, 0.25) is 15.9 Å². The molecule has 0 unspecified atom stereocenters. The number of hydrogen-bond donors (Lipinski definition) is 0. The second kappa shape index (κ2) is 6.59. The molecule has 1 aliphatic heterocycles. The summed E-state index contributed by atoms with van der Waals surface area (Å²) in [5.74, 6) is 0.301. The van der Waals surface area contributed by atoms with Gasteiger partial charge in [0.1, 0.15) is 4.90 Å². The van der Waals surface area contributed by atoms with Gasteiger partial charge in [0.25, 0.3) is 0 Å². The molecule has 0 radical (unpaired) electrons. The Kier molecular flexibility index (Phi) is 4.88. The van der Waals surface area contributed by atoms with Crippen LogP contribution in [-0.4, -0.2) is 49.7 Å². The molecule has 0 N–H and O–H groups in total. The van der Waals surface area contributed by atoms with Crippen LogP contribution in [0.4, 0.5) is 0 Å². The van der Waals surface area contributed by atoms with E-state index in [4.69, 9.17) is 23.2 Å². The number of carbonyl (C=O) groups excluding carboxylic acids is 1. The molecule has 1 saturated carbocycles. The quantitative estimate of drug-likeness (QED) is 0.814. The molecular weight excluding hydrogens is 359 g/mol. The molecule has 0 spiro atoms. The van der Waals surface area contributed by atoms with Gasteiger partial charge in [-0.2, -0.15) is 4.31 Å². The number of halogens is 2. The summed E-state index contributed by atoms with van der Waals surface area (Å²) >= 11 is 11.9. The summed E-state index contributed by atoms with van der Waals surface area (Å²) in [7, 11) is -3.70. The highest BCUT2D eigenvalue weighted by Crippen LogP contribution is 2.30. The van der Waals surface area contributed by atoms with Crippen molar-refractivity contribution < 1.29 is 13.2 Å². The Morgan fingerprint density at radius 1 is 1.09 bits per heavy atom. The van der Waals surface area contributed by atoms with E-state index in [0.29, 0.717) is 18.1 Å². The van der Waals surface area contributed by atoms with Crippen molar-refractivity contribution >= 4 is 39.1 Å². The fraction of sp³-hybridized carbons (Fsp3) is 0.533. The number of piperazine rings is 1. The number of nitrogens with zero attached hydrogens (tertiary/aromatic N) is 2. The molecule has 1 heterocycles. The van der Waals surface area contributed by atoms with Crippen molar-refractivity contribution in [3.63, 3.8) is 0 Å². The zero-order valence-electron chi connectivity index (χ0n) is 12.5. The Morgan fingerprint density at radius 3 is 2.30 bits per heavy atom. The molecule has 1 aromatic rings. The van der Waals surface area contributed by atoms with Crippen molar-refractivity contribution in [2.75, 3.05) is 26.2 Å². The largest absolute Gasteiger partial charge is 0.340 e. The van der Waals surface area contributed by atoms with Gasteiger partial charge >= 0.3 is 0 Å². The summed E-state index contributed by atoms with van der Waals surface area (Å²) in [6.07, 6.45) is 3.02. The van der Waals surface area contributed by atoms with Crippen LogP contribution in [0.2, 0.25) is 10.0 Å². The second-order valence-electron chi connectivity index (χ2n) is 5.93. The van der Waals surface area contributed by atoms with E-state index in [9.17, 15) is 13.2 Å². The number of benzene rings is 1. The van der Waals surface area contributed by atoms with Crippen molar-refractivity contribution in [3.05, 3.63) is 28.2 Å². The molecule has 3 rings (SSSR count). The average molecular weight is 377 g/mol. The molecule has 23 heavy (non-hydrogen) atoms. The van der Waals surface area contributed by atoms with Crippen LogP contribution in [0, 0.1) is 5.92 Å². The van der Waals surface area contributed by atoms with Crippen LogP contribution in [0.15, 0.2) is 23.1 Å². The van der Waals surface area contributed by atoms with Crippen LogP contribution in [-0.2, 0) is 14.8 Å². The lowest BCUT2D eigenvalue weighted by Crippen LogP contribution is -2.52. The van der Waals surface area contributed by atoms with E-state index in [1.807, 2.05) is 0 Å². The molecule has 2 aliphatic rings. The molecule has 5 nitrogen and oxygen atoms in total. The number of rotatable bonds is 3. The van der Waals surface area contributed by atoms with Gasteiger partial charge in [-0.1, -0.05) is 29.6 Å². The fourth-order valence-electron chi connectivity index (χ4n) is 2.88. The molecule has 1 aliphatic carbocycles. The molecule has 1 amide bonds. The van der Waals surface area contributed by atoms with Gasteiger partial charge in [-0.05, 0) is 31.0 Å². The number of carbonyl (C=O) groups is 1. The van der Waals surface area contributed by atoms with Crippen LogP contribution >= 0.6 is 23.2 Å². The summed E-state index contributed by atoms with van der Waals surface area (Å²) in [5, 5.41) is 0.481. The van der Waals surface area contributed by atoms with Crippen molar-refractivity contribution in [1.82, 2.24) is 9.21 Å². The van der Waals surface area contributed by atoms with E-state index < -0.39 is 10.0 Å². The zero-order valence-corrected chi connectivity index (χ0v) is 14.9. The summed E-state index contributed by atoms with van der Waals surface area (Å²) in [6, 6.07) is 4.40. The maximum atomic E-state index is 12.7. The molecule has 1 aromatic carbocycles. The zero-order chi connectivity index (χ0) is 16.6. The van der Waals surface area contributed by atoms with Crippen molar-refractivity contribution in [2.45, 2.75) is 24.2 Å². The Balaban J connectivity index is 1.71. The van der Waals surface area contributed by atoms with Gasteiger partial charge in [0.15, 0.2) is 0 Å². The predicted molar refractivity (Wildman–Crippen MR) is 89.1 cm³/mol. The standard InChI is InChI=1S/C15H18Cl2N2O3S/c16-12-4-5-13(17)14(10-12)23(21,22)19-8-6-18(7-9-19)15(20)11-2-1-3-11/h4-5,10-11H,1-3,6-9H2. The predicted octanol–water partition coefficient (Wildman–Crippen LogP) is 2.63. The lowest BCUT2D eigenvalue weighted by Gasteiger charge is -2.37. The lowest BCUT2D eigenvalue weighted by molar-refractivity contribution is -0.139. The smallest absolute Gasteiger partial charge is 0.244 e. The summed E-state index contributed by atoms with van der Waals surface area (Å²) in [4.78, 5) is 14.0. The van der Waals surface area contributed by atoms with Crippen LogP contribution in [0.5, 0.6) is 0 Å². The minimum absolute atomic E-state index is 0.0189. The third-order valence-corrected chi connectivity index (χ3v) is 7.13. The summed E-state index contributed by atoms with van der Waals surface area (Å²) in [6.45, 7) is 1.41. The van der Waals surface area contributed by atoms with Crippen molar-refractivity contribution in [3.8, 4) is 0 Å². The Bertz CT molecular complexity index is 711. The lowest BCUT2D eigenvalue weighted by atomic mass is 9.84. The third-order valence-electron chi connectivity index (χ3n) is 4.52. The molecular formula is C15H18Cl2N2O3S. The highest BCUT2D eigenvalue weighted by molar-refractivity contribution is 7.89. The van der Waals surface area contributed by atoms with E-state index in [1.165, 1.54) is 16.4 Å². The number of amides is 1. The topological polar surface area (TPSA) is 57.7 Å². The third kappa shape index (κ3) is 3.36. The Hall–Kier alpha value is -0.820. The molecule has 0 atom stereocenters. The normalized spacial score (nSPS) is 20.3. The first-order valence-corrected chi connectivity index (χ1v) is 9.83. The minimum atomic E-state index is -3.70. The molecule has 8 heteroatoms. The first-order valence-electron chi connectivity index (χ1n) is 7.63. The highest BCUT2D eigenvalue weighted by atomic mass is 35.5. The van der Waals surface area contributed by atoms with Gasteiger partial charge < -0.3 is 4.90 Å². The number of hydrogen-bond acceptors (Lipinski definition) is 3. The van der Waals surface area contributed by atoms with E-state index in [1.54, 1.807) is 11.0 Å². The fourth-order valence-corrected chi connectivity index (χ4v) is 5.04. The van der Waals surface area contributed by atoms with Gasteiger partial charge in [-0.25, -0.2) is 8.42 Å². The second-order valence-corrected chi connectivity index (χ2v) is 8.68. The Morgan fingerprint density at radius 2 is 1.74 bits per heavy atom. The molecule has 126 valence electrons. The van der Waals surface area contributed by atoms with Crippen LogP contribution in [0.1, 0.15) is 19.3 Å². The monoisotopic (exact) mass is 376 g/mol. The van der Waals surface area contributed by atoms with Crippen LogP contribution < -0.4 is 0 Å². The van der Waals surface area contributed by atoms with Gasteiger partial charge in [-0.15, -0.1) is 0 Å². The summed E-state index contributed by atoms with van der Waals surface area (Å²) in [5.41, 5.74) is 0. The maximum absolute atomic E-state index is 12.7. The van der Waals surface area contributed by atoms with Crippen LogP contribution in [0.25, 0.3) is 0 Å². The average Bonchev–Trinajstić information content (AvgIpc) is 2.48. The van der Waals surface area contributed by atoms with Gasteiger partial charge in [0, 0.05) is 37.1 Å². The SMILES string of the molecule is O=C(C1CCC1)N1CCN(S(=O)(=O)c2cc(Cl)ccc2Cl)CC1.